The molecule has 2 aromatic carbocycles. The molecule has 29 nitrogen and oxygen atoms in total. The number of benzene rings is 2. The van der Waals surface area contributed by atoms with Crippen LogP contribution in [0.5, 0.6) is 0 Å². The highest BCUT2D eigenvalue weighted by Gasteiger charge is 2.41. The maximum atomic E-state index is 13.2. The van der Waals surface area contributed by atoms with Crippen LogP contribution in [0.25, 0.3) is 12.2 Å². The van der Waals surface area contributed by atoms with Crippen LogP contribution < -0.4 is 38.0 Å². The summed E-state index contributed by atoms with van der Waals surface area (Å²) in [7, 11) is 0. The van der Waals surface area contributed by atoms with Crippen molar-refractivity contribution in [1.29, 1.82) is 0 Å². The minimum atomic E-state index is -0.539. The lowest BCUT2D eigenvalue weighted by Gasteiger charge is -2.37. The van der Waals surface area contributed by atoms with Gasteiger partial charge in [-0.2, -0.15) is 0 Å². The number of carbonyl (C=O) groups is 10. The van der Waals surface area contributed by atoms with Crippen LogP contribution in [0.15, 0.2) is 60.7 Å². The van der Waals surface area contributed by atoms with Gasteiger partial charge < -0.3 is 70.0 Å². The average Bonchev–Trinajstić information content (AvgIpc) is 0.951. The number of aldehydes is 1. The first-order valence-electron chi connectivity index (χ1n) is 53.2. The van der Waals surface area contributed by atoms with E-state index >= 15 is 0 Å². The molecule has 9 N–H and O–H groups in total. The van der Waals surface area contributed by atoms with Crippen molar-refractivity contribution >= 4 is 72.1 Å². The first-order chi connectivity index (χ1) is 65.9. The summed E-state index contributed by atoms with van der Waals surface area (Å²) in [5.74, 6) is 1.18. The Balaban J connectivity index is 0.000000189. The molecule has 0 bridgehead atoms. The number of rotatable bonds is 30. The van der Waals surface area contributed by atoms with Gasteiger partial charge in [-0.15, -0.1) is 0 Å². The van der Waals surface area contributed by atoms with Crippen molar-refractivity contribution in [3.05, 3.63) is 82.9 Å². The first-order valence-corrected chi connectivity index (χ1v) is 53.2. The summed E-state index contributed by atoms with van der Waals surface area (Å²) in [4.78, 5) is 130. The zero-order chi connectivity index (χ0) is 98.3. The third kappa shape index (κ3) is 43.7. The highest BCUT2D eigenvalue weighted by atomic mass is 16.8. The van der Waals surface area contributed by atoms with E-state index in [9.17, 15) is 47.9 Å². The third-order valence-electron chi connectivity index (χ3n) is 28.6. The summed E-state index contributed by atoms with van der Waals surface area (Å²) in [5.41, 5.74) is 12.5. The van der Waals surface area contributed by atoms with Gasteiger partial charge in [0.25, 0.3) is 11.8 Å². The zero-order valence-corrected chi connectivity index (χ0v) is 84.7. The van der Waals surface area contributed by atoms with Crippen LogP contribution in [0.3, 0.4) is 0 Å². The Labute approximate surface area is 818 Å². The summed E-state index contributed by atoms with van der Waals surface area (Å²) < 4.78 is 39.2. The number of nitrogens with two attached hydrogens (primary N) is 1. The van der Waals surface area contributed by atoms with Gasteiger partial charge in [-0.3, -0.25) is 48.5 Å². The smallest absolute Gasteiger partial charge is 0.410 e. The molecule has 770 valence electrons. The molecule has 29 heteroatoms. The maximum absolute atomic E-state index is 13.2. The molecule has 8 aliphatic carbocycles. The van der Waals surface area contributed by atoms with Crippen LogP contribution in [0.4, 0.5) is 9.59 Å². The highest BCUT2D eigenvalue weighted by molar-refractivity contribution is 5.91. The van der Waals surface area contributed by atoms with E-state index in [-0.39, 0.29) is 102 Å². The Morgan fingerprint density at radius 1 is 0.431 bits per heavy atom. The monoisotopic (exact) mass is 1920 g/mol. The van der Waals surface area contributed by atoms with Crippen LogP contribution in [0, 0.1) is 29.6 Å². The number of amides is 4. The number of nitrogens with one attached hydrogen (secondary N) is 6. The van der Waals surface area contributed by atoms with Crippen molar-refractivity contribution in [2.75, 3.05) is 59.0 Å². The van der Waals surface area contributed by atoms with E-state index in [1.54, 1.807) is 58.6 Å². The number of ether oxygens (including phenoxy) is 7. The van der Waals surface area contributed by atoms with Gasteiger partial charge in [-0.05, 0) is 326 Å². The molecule has 1 unspecified atom stereocenters. The van der Waals surface area contributed by atoms with Gasteiger partial charge in [0.1, 0.15) is 71.9 Å². The summed E-state index contributed by atoms with van der Waals surface area (Å²) in [5, 5.41) is 23.1. The van der Waals surface area contributed by atoms with Crippen molar-refractivity contribution in [3.63, 3.8) is 0 Å². The maximum Gasteiger partial charge on any atom is 0.410 e. The summed E-state index contributed by atoms with van der Waals surface area (Å²) in [6.07, 6.45) is 55.0. The van der Waals surface area contributed by atoms with Gasteiger partial charge in [0.05, 0.1) is 6.61 Å². The number of ketones is 1. The fourth-order valence-corrected chi connectivity index (χ4v) is 20.7. The van der Waals surface area contributed by atoms with Gasteiger partial charge in [-0.1, -0.05) is 139 Å². The van der Waals surface area contributed by atoms with Gasteiger partial charge in [-0.25, -0.2) is 25.4 Å². The lowest BCUT2D eigenvalue weighted by atomic mass is 9.83. The van der Waals surface area contributed by atoms with Crippen molar-refractivity contribution in [2.45, 2.75) is 436 Å². The van der Waals surface area contributed by atoms with E-state index in [4.69, 9.17) is 48.9 Å². The number of hydrogen-bond acceptors (Lipinski definition) is 25. The second-order valence-electron chi connectivity index (χ2n) is 42.8. The standard InChI is InChI=1S/C28H41N3O4.C23H40N2O4.C18H32N2O2.C16H21NO4.C13H23NO2.C10H17NO3/c32-26(30-34)15-14-21-10-12-22(13-11-21)20-31-18-16-24(17-19-31)29-27(23-6-2-1-3-7-23)28(33)35-25-8-4-5-9-25;1-23(2,3)29-22(27)25-15-13-18(14-16-25)24-20(17-9-5-4-6-10-17)21(26)28-19-11-7-8-12-19;21-18(22-16-8-4-5-9-16)17(14-6-2-1-3-7-14)20-15-10-12-19-13-11-15;1-12(2)11-20-13(3)21-17-16(19)9-8-14-4-6-15(10-18)7-5-14;14-12(10-6-2-1-3-7-10)13(15)16-11-8-4-5-9-11;1-10(2,3)14-9(13)11-6-4-8(12)5-7-11/h10-15,23-25,27,29,34H,1-9,16-20H2,(H,30,32);17-20,24H,4-16H2,1-3H3;14-17,19-20H,1-13H2;4-10,12-13H,11H2,1-3H3,(H,17,19);10-12H,1-9,14H2;4-7H2,1-3H3/b15-14+;;;9-8+;;/t27-;20-;17-;;12-;/m000.0./s1. The van der Waals surface area contributed by atoms with E-state index in [1.165, 1.54) is 159 Å². The second-order valence-corrected chi connectivity index (χ2v) is 42.8. The molecule has 12 fully saturated rings. The van der Waals surface area contributed by atoms with Crippen LogP contribution in [0.1, 0.15) is 372 Å². The number of carbonyl (C=O) groups excluding carboxylic acids is 10. The molecule has 0 aromatic heterocycles. The second kappa shape index (κ2) is 61.2. The SMILES string of the molecule is CC(C)(C)OC(=O)N1CCC(=O)CC1.CC(C)(C)OC(=O)N1CCC(N[C@H](C(=O)OC2CCCC2)C2CCCCC2)CC1.CC(C)COC(C)ONC(=O)/C=C/c1ccc(C=O)cc1.N[C@H](C(=O)OC1CCCC1)C1CCCCC1.O=C(/C=C/c1ccc(CN2CCC(N[C@H](C(=O)OC3CCCC3)C3CCCCC3)CC2)cc1)NO.O=C(OC1CCCC1)[C@@H](NC1CCNCC1)C1CCCCC1. The molecular formula is C108H174N10O19. The number of esters is 4. The lowest BCUT2D eigenvalue weighted by Crippen LogP contribution is -2.53. The van der Waals surface area contributed by atoms with Crippen LogP contribution in [-0.4, -0.2) is 223 Å². The Morgan fingerprint density at radius 3 is 1.14 bits per heavy atom. The lowest BCUT2D eigenvalue weighted by molar-refractivity contribution is -0.180. The summed E-state index contributed by atoms with van der Waals surface area (Å²) >= 11 is 0. The van der Waals surface area contributed by atoms with E-state index in [0.29, 0.717) is 92.9 Å². The van der Waals surface area contributed by atoms with Crippen molar-refractivity contribution in [2.24, 2.45) is 35.3 Å². The number of nitrogens with zero attached hydrogens (tertiary/aromatic N) is 3. The van der Waals surface area contributed by atoms with Crippen LogP contribution >= 0.6 is 0 Å². The molecule has 0 radical (unpaired) electrons. The average molecular weight is 1920 g/mol. The largest absolute Gasteiger partial charge is 0.461 e. The first kappa shape index (κ1) is 113. The number of likely N-dealkylation sites (tertiary alicyclic amines) is 3. The minimum Gasteiger partial charge on any atom is -0.461 e. The molecule has 4 heterocycles. The van der Waals surface area contributed by atoms with Gasteiger partial charge in [0.15, 0.2) is 6.29 Å². The Kier molecular flexibility index (Phi) is 50.4. The third-order valence-corrected chi connectivity index (χ3v) is 28.6. The normalized spacial score (nSPS) is 21.7. The predicted molar refractivity (Wildman–Crippen MR) is 531 cm³/mol. The van der Waals surface area contributed by atoms with Gasteiger partial charge >= 0.3 is 36.1 Å². The Bertz CT molecular complexity index is 3910. The Morgan fingerprint density at radius 2 is 0.766 bits per heavy atom. The minimum absolute atomic E-state index is 0.00293. The fraction of sp³-hybridized carbons (Fsp3) is 0.759. The molecule has 2 aromatic rings. The zero-order valence-electron chi connectivity index (χ0n) is 84.7. The van der Waals surface area contributed by atoms with Crippen LogP contribution in [-0.2, 0) is 78.1 Å². The molecule has 4 saturated heterocycles. The molecule has 4 aliphatic heterocycles. The predicted octanol–water partition coefficient (Wildman–Crippen LogP) is 17.9. The molecule has 4 amide bonds. The van der Waals surface area contributed by atoms with E-state index in [0.717, 1.165) is 179 Å². The van der Waals surface area contributed by atoms with Gasteiger partial charge in [0.2, 0.25) is 0 Å². The summed E-state index contributed by atoms with van der Waals surface area (Å²) in [6, 6.07) is 15.3. The number of hydroxylamine groups is 2. The fourth-order valence-electron chi connectivity index (χ4n) is 20.7. The van der Waals surface area contributed by atoms with Gasteiger partial charge in [0, 0.05) is 81.4 Å². The topological polar surface area (TPSA) is 373 Å². The van der Waals surface area contributed by atoms with E-state index in [2.05, 4.69) is 43.8 Å². The molecule has 14 rings (SSSR count). The quantitative estimate of drug-likeness (QED) is 0.00685. The molecule has 5 atom stereocenters. The molecule has 8 saturated carbocycles. The summed E-state index contributed by atoms with van der Waals surface area (Å²) in [6.45, 7) is 24.9. The van der Waals surface area contributed by atoms with Crippen molar-refractivity contribution in [3.8, 4) is 0 Å². The number of piperidine rings is 4. The number of Topliss-reactive ketones (excluding diaryl/α,β-unsaturated/α-hetero) is 1. The molecular weight excluding hydrogens is 1740 g/mol. The number of hydrogen-bond donors (Lipinski definition) is 8. The molecule has 12 aliphatic rings. The van der Waals surface area contributed by atoms with Crippen LogP contribution in [0.2, 0.25) is 0 Å². The highest BCUT2D eigenvalue weighted by Crippen LogP contribution is 2.36. The Hall–Kier alpha value is -7.74. The molecule has 137 heavy (non-hydrogen) atoms. The molecule has 0 spiro atoms. The van der Waals surface area contributed by atoms with Crippen molar-refractivity contribution < 1.29 is 91.1 Å². The van der Waals surface area contributed by atoms with E-state index in [1.807, 2.05) is 67.5 Å². The van der Waals surface area contributed by atoms with Crippen molar-refractivity contribution in [1.82, 2.24) is 46.9 Å². The van der Waals surface area contributed by atoms with E-state index < -0.39 is 23.4 Å².